The molecule has 1 unspecified atom stereocenters. The Morgan fingerprint density at radius 2 is 2.12 bits per heavy atom. The SMILES string of the molecule is CCn1nccc1C(NN)c1ccccc1C. The average Bonchev–Trinajstić information content (AvgIpc) is 2.81. The van der Waals surface area contributed by atoms with Crippen molar-refractivity contribution in [2.45, 2.75) is 26.4 Å². The molecule has 0 fully saturated rings. The van der Waals surface area contributed by atoms with E-state index in [1.54, 1.807) is 6.20 Å². The topological polar surface area (TPSA) is 55.9 Å². The maximum absolute atomic E-state index is 5.70. The highest BCUT2D eigenvalue weighted by molar-refractivity contribution is 5.34. The fourth-order valence-corrected chi connectivity index (χ4v) is 2.10. The van der Waals surface area contributed by atoms with E-state index in [-0.39, 0.29) is 6.04 Å². The number of rotatable bonds is 4. The first-order valence-electron chi connectivity index (χ1n) is 5.81. The molecule has 0 aliphatic carbocycles. The lowest BCUT2D eigenvalue weighted by Crippen LogP contribution is -2.31. The van der Waals surface area contributed by atoms with Crippen LogP contribution in [-0.4, -0.2) is 9.78 Å². The van der Waals surface area contributed by atoms with E-state index in [2.05, 4.69) is 36.5 Å². The van der Waals surface area contributed by atoms with Crippen LogP contribution in [0.1, 0.15) is 29.8 Å². The van der Waals surface area contributed by atoms with Crippen molar-refractivity contribution < 1.29 is 0 Å². The van der Waals surface area contributed by atoms with Crippen molar-refractivity contribution in [3.05, 3.63) is 53.3 Å². The Kier molecular flexibility index (Phi) is 3.56. The van der Waals surface area contributed by atoms with E-state index < -0.39 is 0 Å². The first-order chi connectivity index (χ1) is 8.27. The number of hydrogen-bond donors (Lipinski definition) is 2. The molecule has 0 bridgehead atoms. The number of hydrazine groups is 1. The van der Waals surface area contributed by atoms with Gasteiger partial charge in [0.05, 0.1) is 11.7 Å². The minimum Gasteiger partial charge on any atom is -0.271 e. The van der Waals surface area contributed by atoms with Gasteiger partial charge in [0.1, 0.15) is 0 Å². The highest BCUT2D eigenvalue weighted by Crippen LogP contribution is 2.23. The minimum absolute atomic E-state index is 0.0151. The van der Waals surface area contributed by atoms with Crippen molar-refractivity contribution in [2.24, 2.45) is 5.84 Å². The molecule has 4 nitrogen and oxygen atoms in total. The molecule has 2 aromatic rings. The molecule has 0 aliphatic rings. The van der Waals surface area contributed by atoms with Gasteiger partial charge >= 0.3 is 0 Å². The third-order valence-corrected chi connectivity index (χ3v) is 3.01. The molecule has 1 aromatic heterocycles. The zero-order valence-electron chi connectivity index (χ0n) is 10.2. The van der Waals surface area contributed by atoms with Gasteiger partial charge in [-0.15, -0.1) is 0 Å². The summed E-state index contributed by atoms with van der Waals surface area (Å²) in [7, 11) is 0. The number of nitrogens with one attached hydrogen (secondary N) is 1. The van der Waals surface area contributed by atoms with Crippen molar-refractivity contribution in [3.63, 3.8) is 0 Å². The Morgan fingerprint density at radius 3 is 2.76 bits per heavy atom. The van der Waals surface area contributed by atoms with Crippen LogP contribution in [-0.2, 0) is 6.54 Å². The van der Waals surface area contributed by atoms with Gasteiger partial charge in [0.2, 0.25) is 0 Å². The first kappa shape index (κ1) is 11.8. The smallest absolute Gasteiger partial charge is 0.0880 e. The van der Waals surface area contributed by atoms with Crippen LogP contribution in [0.5, 0.6) is 0 Å². The molecule has 2 rings (SSSR count). The Hall–Kier alpha value is -1.65. The summed E-state index contributed by atoms with van der Waals surface area (Å²) >= 11 is 0. The van der Waals surface area contributed by atoms with Gasteiger partial charge in [-0.1, -0.05) is 24.3 Å². The molecule has 0 saturated carbocycles. The maximum Gasteiger partial charge on any atom is 0.0880 e. The van der Waals surface area contributed by atoms with E-state index in [4.69, 9.17) is 5.84 Å². The van der Waals surface area contributed by atoms with Gasteiger partial charge in [0.25, 0.3) is 0 Å². The van der Waals surface area contributed by atoms with Crippen molar-refractivity contribution in [1.82, 2.24) is 15.2 Å². The standard InChI is InChI=1S/C13H18N4/c1-3-17-12(8-9-15-17)13(16-14)11-7-5-4-6-10(11)2/h4-9,13,16H,3,14H2,1-2H3. The van der Waals surface area contributed by atoms with Crippen LogP contribution in [0, 0.1) is 6.92 Å². The molecular formula is C13H18N4. The number of nitrogens with two attached hydrogens (primary N) is 1. The van der Waals surface area contributed by atoms with Gasteiger partial charge in [0, 0.05) is 12.7 Å². The molecule has 4 heteroatoms. The maximum atomic E-state index is 5.70. The number of aryl methyl sites for hydroxylation is 2. The fraction of sp³-hybridized carbons (Fsp3) is 0.308. The third-order valence-electron chi connectivity index (χ3n) is 3.01. The van der Waals surface area contributed by atoms with Crippen LogP contribution in [0.2, 0.25) is 0 Å². The van der Waals surface area contributed by atoms with Crippen LogP contribution in [0.15, 0.2) is 36.5 Å². The lowest BCUT2D eigenvalue weighted by Gasteiger charge is -2.19. The second kappa shape index (κ2) is 5.12. The van der Waals surface area contributed by atoms with Gasteiger partial charge in [0.15, 0.2) is 0 Å². The van der Waals surface area contributed by atoms with Gasteiger partial charge in [-0.05, 0) is 31.0 Å². The van der Waals surface area contributed by atoms with E-state index in [0.717, 1.165) is 12.2 Å². The molecule has 17 heavy (non-hydrogen) atoms. The van der Waals surface area contributed by atoms with E-state index in [9.17, 15) is 0 Å². The van der Waals surface area contributed by atoms with Crippen molar-refractivity contribution >= 4 is 0 Å². The summed E-state index contributed by atoms with van der Waals surface area (Å²) in [5.74, 6) is 5.70. The summed E-state index contributed by atoms with van der Waals surface area (Å²) in [4.78, 5) is 0. The minimum atomic E-state index is -0.0151. The van der Waals surface area contributed by atoms with Crippen LogP contribution in [0.4, 0.5) is 0 Å². The van der Waals surface area contributed by atoms with E-state index in [1.165, 1.54) is 11.1 Å². The Morgan fingerprint density at radius 1 is 1.35 bits per heavy atom. The molecule has 0 spiro atoms. The molecule has 1 atom stereocenters. The summed E-state index contributed by atoms with van der Waals surface area (Å²) in [6.45, 7) is 5.00. The van der Waals surface area contributed by atoms with E-state index in [0.29, 0.717) is 0 Å². The van der Waals surface area contributed by atoms with Crippen molar-refractivity contribution in [3.8, 4) is 0 Å². The second-order valence-corrected chi connectivity index (χ2v) is 4.03. The zero-order chi connectivity index (χ0) is 12.3. The zero-order valence-corrected chi connectivity index (χ0v) is 10.2. The van der Waals surface area contributed by atoms with Gasteiger partial charge in [-0.3, -0.25) is 10.5 Å². The quantitative estimate of drug-likeness (QED) is 0.621. The highest BCUT2D eigenvalue weighted by atomic mass is 15.3. The predicted octanol–water partition coefficient (Wildman–Crippen LogP) is 1.76. The Bertz CT molecular complexity index is 490. The molecule has 0 aliphatic heterocycles. The van der Waals surface area contributed by atoms with E-state index >= 15 is 0 Å². The van der Waals surface area contributed by atoms with Crippen molar-refractivity contribution in [1.29, 1.82) is 0 Å². The Labute approximate surface area is 101 Å². The summed E-state index contributed by atoms with van der Waals surface area (Å²) in [5.41, 5.74) is 6.37. The number of aromatic nitrogens is 2. The van der Waals surface area contributed by atoms with Gasteiger partial charge in [-0.25, -0.2) is 5.43 Å². The lowest BCUT2D eigenvalue weighted by atomic mass is 9.99. The molecule has 0 radical (unpaired) electrons. The molecule has 90 valence electrons. The Balaban J connectivity index is 2.44. The summed E-state index contributed by atoms with van der Waals surface area (Å²) in [6, 6.07) is 10.2. The first-order valence-corrected chi connectivity index (χ1v) is 5.81. The number of nitrogens with zero attached hydrogens (tertiary/aromatic N) is 2. The molecule has 0 saturated heterocycles. The van der Waals surface area contributed by atoms with Crippen LogP contribution >= 0.6 is 0 Å². The molecule has 0 amide bonds. The van der Waals surface area contributed by atoms with Gasteiger partial charge in [-0.2, -0.15) is 5.10 Å². The van der Waals surface area contributed by atoms with Crippen molar-refractivity contribution in [2.75, 3.05) is 0 Å². The number of hydrogen-bond acceptors (Lipinski definition) is 3. The predicted molar refractivity (Wildman–Crippen MR) is 68.2 cm³/mol. The molecule has 1 aromatic carbocycles. The normalized spacial score (nSPS) is 12.6. The monoisotopic (exact) mass is 230 g/mol. The highest BCUT2D eigenvalue weighted by Gasteiger charge is 2.17. The number of benzene rings is 1. The summed E-state index contributed by atoms with van der Waals surface area (Å²) in [5, 5.41) is 4.28. The van der Waals surface area contributed by atoms with Crippen LogP contribution in [0.3, 0.4) is 0 Å². The van der Waals surface area contributed by atoms with E-state index in [1.807, 2.05) is 22.9 Å². The molecule has 1 heterocycles. The van der Waals surface area contributed by atoms with Crippen LogP contribution < -0.4 is 11.3 Å². The molecular weight excluding hydrogens is 212 g/mol. The molecule has 3 N–H and O–H groups in total. The lowest BCUT2D eigenvalue weighted by molar-refractivity contribution is 0.542. The third kappa shape index (κ3) is 2.23. The largest absolute Gasteiger partial charge is 0.271 e. The average molecular weight is 230 g/mol. The van der Waals surface area contributed by atoms with Crippen LogP contribution in [0.25, 0.3) is 0 Å². The summed E-state index contributed by atoms with van der Waals surface area (Å²) < 4.78 is 1.96. The summed E-state index contributed by atoms with van der Waals surface area (Å²) in [6.07, 6.45) is 1.81. The fourth-order valence-electron chi connectivity index (χ4n) is 2.10. The van der Waals surface area contributed by atoms with Gasteiger partial charge < -0.3 is 0 Å². The second-order valence-electron chi connectivity index (χ2n) is 4.03.